The Morgan fingerprint density at radius 1 is 1.00 bits per heavy atom. The number of hydrogen-bond donors (Lipinski definition) is 0. The van der Waals surface area contributed by atoms with E-state index in [4.69, 9.17) is 0 Å². The summed E-state index contributed by atoms with van der Waals surface area (Å²) < 4.78 is 0. The van der Waals surface area contributed by atoms with Crippen molar-refractivity contribution in [2.24, 2.45) is 0 Å². The van der Waals surface area contributed by atoms with Gasteiger partial charge in [0.05, 0.1) is 0 Å². The van der Waals surface area contributed by atoms with Crippen molar-refractivity contribution in [2.75, 3.05) is 13.1 Å². The summed E-state index contributed by atoms with van der Waals surface area (Å²) in [6.45, 7) is 6.18. The summed E-state index contributed by atoms with van der Waals surface area (Å²) in [6.07, 6.45) is 3.97. The molecule has 2 fully saturated rings. The summed E-state index contributed by atoms with van der Waals surface area (Å²) in [5, 5.41) is 0. The Morgan fingerprint density at radius 3 is 2.44 bits per heavy atom. The van der Waals surface area contributed by atoms with E-state index in [0.717, 1.165) is 51.9 Å². The van der Waals surface area contributed by atoms with Crippen LogP contribution < -0.4 is 0 Å². The van der Waals surface area contributed by atoms with Gasteiger partial charge in [0, 0.05) is 47.9 Å². The third-order valence-electron chi connectivity index (χ3n) is 5.82. The maximum absolute atomic E-state index is 12.5. The molecule has 0 atom stereocenters. The zero-order chi connectivity index (χ0) is 17.3. The number of rotatable bonds is 4. The van der Waals surface area contributed by atoms with Crippen molar-refractivity contribution in [1.29, 1.82) is 0 Å². The lowest BCUT2D eigenvalue weighted by Crippen LogP contribution is -2.52. The van der Waals surface area contributed by atoms with Crippen LogP contribution in [-0.4, -0.2) is 34.3 Å². The number of carbonyl (C=O) groups excluding carboxylic acids is 1. The molecule has 3 heterocycles. The highest BCUT2D eigenvalue weighted by Crippen LogP contribution is 2.40. The maximum atomic E-state index is 12.5. The molecule has 4 heteroatoms. The molecule has 1 aromatic carbocycles. The van der Waals surface area contributed by atoms with Gasteiger partial charge in [-0.2, -0.15) is 0 Å². The van der Waals surface area contributed by atoms with Crippen LogP contribution in [0.4, 0.5) is 0 Å². The lowest BCUT2D eigenvalue weighted by Gasteiger charge is -2.45. The number of likely N-dealkylation sites (tertiary alicyclic amines) is 2. The molecule has 0 radical (unpaired) electrons. The maximum Gasteiger partial charge on any atom is 0.223 e. The van der Waals surface area contributed by atoms with Gasteiger partial charge >= 0.3 is 0 Å². The predicted molar refractivity (Wildman–Crippen MR) is 103 cm³/mol. The van der Waals surface area contributed by atoms with E-state index in [1.807, 2.05) is 17.4 Å². The Hall–Kier alpha value is -1.65. The number of aryl methyl sites for hydroxylation is 1. The fourth-order valence-electron chi connectivity index (χ4n) is 4.33. The average molecular weight is 355 g/mol. The molecule has 0 aliphatic carbocycles. The van der Waals surface area contributed by atoms with Gasteiger partial charge in [0.2, 0.25) is 5.91 Å². The minimum Gasteiger partial charge on any atom is -0.333 e. The van der Waals surface area contributed by atoms with E-state index in [2.05, 4.69) is 53.1 Å². The Balaban J connectivity index is 1.42. The molecule has 1 aromatic heterocycles. The van der Waals surface area contributed by atoms with Crippen molar-refractivity contribution in [3.63, 3.8) is 0 Å². The largest absolute Gasteiger partial charge is 0.333 e. The fraction of sp³-hybridized carbons (Fsp3) is 0.476. The molecule has 2 aliphatic rings. The van der Waals surface area contributed by atoms with Gasteiger partial charge in [0.25, 0.3) is 0 Å². The third-order valence-corrected chi connectivity index (χ3v) is 6.81. The molecule has 0 bridgehead atoms. The summed E-state index contributed by atoms with van der Waals surface area (Å²) in [5.74, 6) is 0.339. The summed E-state index contributed by atoms with van der Waals surface area (Å²) in [7, 11) is 0. The molecule has 0 N–H and O–H groups in total. The number of hydrogen-bond acceptors (Lipinski definition) is 3. The topological polar surface area (TPSA) is 23.6 Å². The smallest absolute Gasteiger partial charge is 0.223 e. The third kappa shape index (κ3) is 3.51. The highest BCUT2D eigenvalue weighted by molar-refractivity contribution is 7.11. The van der Waals surface area contributed by atoms with E-state index in [-0.39, 0.29) is 5.54 Å². The van der Waals surface area contributed by atoms with Crippen molar-refractivity contribution >= 4 is 17.2 Å². The molecule has 2 aromatic rings. The first-order chi connectivity index (χ1) is 12.1. The molecule has 3 nitrogen and oxygen atoms in total. The van der Waals surface area contributed by atoms with Crippen molar-refractivity contribution in [2.45, 2.75) is 51.2 Å². The van der Waals surface area contributed by atoms with Crippen molar-refractivity contribution in [3.8, 4) is 0 Å². The fourth-order valence-corrected chi connectivity index (χ4v) is 5.27. The Labute approximate surface area is 154 Å². The van der Waals surface area contributed by atoms with Crippen LogP contribution in [0.5, 0.6) is 0 Å². The van der Waals surface area contributed by atoms with E-state index in [1.54, 1.807) is 0 Å². The summed E-state index contributed by atoms with van der Waals surface area (Å²) >= 11 is 1.90. The van der Waals surface area contributed by atoms with Crippen molar-refractivity contribution in [1.82, 2.24) is 9.80 Å². The number of piperidine rings is 1. The van der Waals surface area contributed by atoms with Gasteiger partial charge in [-0.05, 0) is 43.9 Å². The summed E-state index contributed by atoms with van der Waals surface area (Å²) in [6, 6.07) is 14.9. The van der Waals surface area contributed by atoms with Crippen LogP contribution in [0.15, 0.2) is 42.5 Å². The molecule has 0 unspecified atom stereocenters. The first kappa shape index (κ1) is 16.8. The summed E-state index contributed by atoms with van der Waals surface area (Å²) in [4.78, 5) is 20.1. The zero-order valence-electron chi connectivity index (χ0n) is 14.9. The number of nitrogens with zero attached hydrogens (tertiary/aromatic N) is 2. The van der Waals surface area contributed by atoms with Crippen LogP contribution in [0.25, 0.3) is 0 Å². The second kappa shape index (κ2) is 6.93. The first-order valence-corrected chi connectivity index (χ1v) is 10.1. The number of thiophene rings is 1. The van der Waals surface area contributed by atoms with E-state index in [1.165, 1.54) is 15.3 Å². The minimum absolute atomic E-state index is 0.0921. The van der Waals surface area contributed by atoms with E-state index >= 15 is 0 Å². The van der Waals surface area contributed by atoms with Crippen LogP contribution in [0.2, 0.25) is 0 Å². The van der Waals surface area contributed by atoms with Crippen molar-refractivity contribution < 1.29 is 4.79 Å². The summed E-state index contributed by atoms with van der Waals surface area (Å²) in [5.41, 5.74) is 1.34. The van der Waals surface area contributed by atoms with Gasteiger partial charge in [-0.15, -0.1) is 11.3 Å². The van der Waals surface area contributed by atoms with Gasteiger partial charge in [-0.25, -0.2) is 0 Å². The predicted octanol–water partition coefficient (Wildman–Crippen LogP) is 4.21. The Kier molecular flexibility index (Phi) is 4.65. The van der Waals surface area contributed by atoms with Crippen LogP contribution >= 0.6 is 11.3 Å². The first-order valence-electron chi connectivity index (χ1n) is 9.27. The molecule has 132 valence electrons. The van der Waals surface area contributed by atoms with Gasteiger partial charge in [0.1, 0.15) is 0 Å². The lowest BCUT2D eigenvalue weighted by molar-refractivity contribution is -0.133. The molecular formula is C21H26N2OS. The second-order valence-corrected chi connectivity index (χ2v) is 8.85. The quantitative estimate of drug-likeness (QED) is 0.821. The van der Waals surface area contributed by atoms with Gasteiger partial charge in [0.15, 0.2) is 0 Å². The molecule has 1 amide bonds. The second-order valence-electron chi connectivity index (χ2n) is 7.48. The molecule has 1 spiro atoms. The van der Waals surface area contributed by atoms with Crippen LogP contribution in [0, 0.1) is 6.92 Å². The molecule has 25 heavy (non-hydrogen) atoms. The van der Waals surface area contributed by atoms with Crippen LogP contribution in [0.1, 0.15) is 41.0 Å². The van der Waals surface area contributed by atoms with Crippen molar-refractivity contribution in [3.05, 3.63) is 57.8 Å². The van der Waals surface area contributed by atoms with E-state index in [9.17, 15) is 4.79 Å². The van der Waals surface area contributed by atoms with Gasteiger partial charge in [-0.1, -0.05) is 30.3 Å². The average Bonchev–Trinajstić information content (AvgIpc) is 3.17. The Morgan fingerprint density at radius 2 is 1.76 bits per heavy atom. The SMILES string of the molecule is Cc1ccc(CN2CCC3(CCC(=O)N3Cc3ccccc3)CC2)s1. The standard InChI is InChI=1S/C21H26N2OS/c1-17-7-8-19(25-17)16-22-13-11-21(12-14-22)10-9-20(24)23(21)15-18-5-3-2-4-6-18/h2-8H,9-16H2,1H3. The molecule has 2 aliphatic heterocycles. The number of benzene rings is 1. The van der Waals surface area contributed by atoms with Gasteiger partial charge < -0.3 is 4.90 Å². The van der Waals surface area contributed by atoms with Gasteiger partial charge in [-0.3, -0.25) is 9.69 Å². The zero-order valence-corrected chi connectivity index (χ0v) is 15.7. The number of amides is 1. The van der Waals surface area contributed by atoms with Crippen LogP contribution in [0.3, 0.4) is 0 Å². The Bertz CT molecular complexity index is 731. The van der Waals surface area contributed by atoms with E-state index < -0.39 is 0 Å². The van der Waals surface area contributed by atoms with E-state index in [0.29, 0.717) is 5.91 Å². The number of carbonyl (C=O) groups is 1. The van der Waals surface area contributed by atoms with Crippen LogP contribution in [-0.2, 0) is 17.9 Å². The highest BCUT2D eigenvalue weighted by atomic mass is 32.1. The highest BCUT2D eigenvalue weighted by Gasteiger charge is 2.46. The molecule has 0 saturated carbocycles. The molecule has 4 rings (SSSR count). The minimum atomic E-state index is 0.0921. The lowest BCUT2D eigenvalue weighted by atomic mass is 9.84. The molecular weight excluding hydrogens is 328 g/mol. The normalized spacial score (nSPS) is 20.5. The molecule has 2 saturated heterocycles. The monoisotopic (exact) mass is 354 g/mol.